The van der Waals surface area contributed by atoms with Crippen LogP contribution in [0.25, 0.3) is 0 Å². The Labute approximate surface area is 227 Å². The van der Waals surface area contributed by atoms with Crippen LogP contribution in [0.4, 0.5) is 14.5 Å². The van der Waals surface area contributed by atoms with Gasteiger partial charge in [-0.15, -0.1) is 0 Å². The molecule has 0 bridgehead atoms. The molecule has 192 valence electrons. The minimum Gasteiger partial charge on any atom is -0.327 e. The molecule has 3 aromatic rings. The van der Waals surface area contributed by atoms with Crippen molar-refractivity contribution in [3.8, 4) is 0 Å². The number of carbonyl (C=O) groups excluding carboxylic acids is 2. The molecule has 0 unspecified atom stereocenters. The number of carbonyl (C=O) groups is 2. The quantitative estimate of drug-likeness (QED) is 0.125. The van der Waals surface area contributed by atoms with Crippen LogP contribution in [-0.2, 0) is 7.05 Å². The number of aromatic amines is 1. The molecule has 0 aliphatic rings. The van der Waals surface area contributed by atoms with Crippen LogP contribution in [0.5, 0.6) is 0 Å². The molecule has 0 atom stereocenters. The van der Waals surface area contributed by atoms with Crippen LogP contribution in [0.3, 0.4) is 0 Å². The molecule has 0 fully saturated rings. The Morgan fingerprint density at radius 1 is 1.22 bits per heavy atom. The number of anilines is 1. The van der Waals surface area contributed by atoms with Crippen molar-refractivity contribution in [3.63, 3.8) is 0 Å². The van der Waals surface area contributed by atoms with E-state index in [9.17, 15) is 18.4 Å². The molecule has 1 aromatic heterocycles. The first-order chi connectivity index (χ1) is 17.1. The number of halogens is 4. The summed E-state index contributed by atoms with van der Waals surface area (Å²) in [7, 11) is 1.69. The predicted octanol–water partition coefficient (Wildman–Crippen LogP) is 7.99. The van der Waals surface area contributed by atoms with Crippen molar-refractivity contribution < 1.29 is 18.4 Å². The average molecular weight is 599 g/mol. The van der Waals surface area contributed by atoms with E-state index in [1.54, 1.807) is 37.0 Å². The van der Waals surface area contributed by atoms with Crippen molar-refractivity contribution in [1.29, 1.82) is 0 Å². The highest BCUT2D eigenvalue weighted by Crippen LogP contribution is 2.27. The maximum atomic E-state index is 14.8. The molecular formula is C26H27BrClF2N3O2S. The molecule has 2 N–H and O–H groups in total. The fourth-order valence-corrected chi connectivity index (χ4v) is 4.39. The van der Waals surface area contributed by atoms with Crippen LogP contribution in [0.1, 0.15) is 50.8 Å². The number of nitrogens with zero attached hydrogens (tertiary/aromatic N) is 1. The Bertz CT molecular complexity index is 1270. The van der Waals surface area contributed by atoms with E-state index in [1.807, 2.05) is 26.0 Å². The number of rotatable bonds is 7. The van der Waals surface area contributed by atoms with Crippen molar-refractivity contribution in [2.24, 2.45) is 7.05 Å². The molecule has 0 saturated heterocycles. The van der Waals surface area contributed by atoms with Crippen molar-refractivity contribution in [3.05, 3.63) is 97.7 Å². The lowest BCUT2D eigenvalue weighted by Gasteiger charge is -2.12. The van der Waals surface area contributed by atoms with Crippen LogP contribution in [0, 0.1) is 25.5 Å². The van der Waals surface area contributed by atoms with E-state index in [4.69, 9.17) is 11.6 Å². The summed E-state index contributed by atoms with van der Waals surface area (Å²) >= 11 is 10.4. The zero-order valence-electron chi connectivity index (χ0n) is 20.3. The van der Waals surface area contributed by atoms with Gasteiger partial charge in [0.1, 0.15) is 5.82 Å². The molecule has 5 nitrogen and oxygen atoms in total. The fourth-order valence-electron chi connectivity index (χ4n) is 3.06. The van der Waals surface area contributed by atoms with Crippen molar-refractivity contribution in [2.75, 3.05) is 10.5 Å². The molecule has 36 heavy (non-hydrogen) atoms. The van der Waals surface area contributed by atoms with Gasteiger partial charge in [-0.3, -0.25) is 14.3 Å². The Balaban J connectivity index is 0.000000380. The standard InChI is InChI=1S/C18H20BrF2N3OS.C8H7ClO/c1-4-7-26-23-15-6-5-14(20)16(17(15)21)18(25)13-10-24(3)22-9-12(19)8-11(13)2;1-6-3-2-4-8(9)7(6)5-10/h5-6,8-10,22-23H,4,7H2,1-3H3;2-5H,1H3. The Kier molecular flexibility index (Phi) is 11.7. The second-order valence-electron chi connectivity index (χ2n) is 7.79. The summed E-state index contributed by atoms with van der Waals surface area (Å²) in [5, 5.41) is 3.44. The number of nitrogens with one attached hydrogen (secondary N) is 2. The van der Waals surface area contributed by atoms with E-state index >= 15 is 0 Å². The first-order valence-electron chi connectivity index (χ1n) is 11.0. The number of hydrogen-bond donors (Lipinski definition) is 2. The van der Waals surface area contributed by atoms with E-state index in [-0.39, 0.29) is 11.3 Å². The van der Waals surface area contributed by atoms with E-state index in [2.05, 4.69) is 25.8 Å². The van der Waals surface area contributed by atoms with Gasteiger partial charge in [0.25, 0.3) is 0 Å². The van der Waals surface area contributed by atoms with Crippen LogP contribution >= 0.6 is 39.5 Å². The summed E-state index contributed by atoms with van der Waals surface area (Å²) in [6.45, 7) is 5.57. The number of aromatic nitrogens is 2. The van der Waals surface area contributed by atoms with Crippen molar-refractivity contribution in [1.82, 2.24) is 9.78 Å². The summed E-state index contributed by atoms with van der Waals surface area (Å²) in [6.07, 6.45) is 4.88. The van der Waals surface area contributed by atoms with Gasteiger partial charge in [-0.05, 0) is 71.6 Å². The Hall–Kier alpha value is -2.62. The number of ketones is 1. The minimum atomic E-state index is -0.889. The van der Waals surface area contributed by atoms with Crippen molar-refractivity contribution >= 4 is 57.2 Å². The lowest BCUT2D eigenvalue weighted by atomic mass is 10.00. The molecule has 0 aliphatic carbocycles. The second kappa shape index (κ2) is 14.2. The molecular weight excluding hydrogens is 572 g/mol. The van der Waals surface area contributed by atoms with Gasteiger partial charge in [0, 0.05) is 40.8 Å². The number of hydrogen-bond acceptors (Lipinski definition) is 4. The SMILES string of the molecule is CCCSNc1ccc(F)c(C(=O)c2cn(C)[nH]cc(Br)cc2C)c1F.Cc1cccc(Cl)c1C=O. The third kappa shape index (κ3) is 7.94. The summed E-state index contributed by atoms with van der Waals surface area (Å²) in [6, 6.07) is 9.50. The number of benzene rings is 2. The van der Waals surface area contributed by atoms with Crippen LogP contribution < -0.4 is 4.72 Å². The van der Waals surface area contributed by atoms with Crippen LogP contribution in [0.2, 0.25) is 5.02 Å². The smallest absolute Gasteiger partial charge is 0.200 e. The predicted molar refractivity (Wildman–Crippen MR) is 148 cm³/mol. The molecule has 0 amide bonds. The third-order valence-electron chi connectivity index (χ3n) is 4.95. The number of aryl methyl sites for hydroxylation is 3. The molecule has 10 heteroatoms. The highest BCUT2D eigenvalue weighted by molar-refractivity contribution is 9.10. The normalized spacial score (nSPS) is 10.2. The Morgan fingerprint density at radius 3 is 2.56 bits per heavy atom. The summed E-state index contributed by atoms with van der Waals surface area (Å²) in [5.41, 5.74) is 1.81. The first-order valence-corrected chi connectivity index (χ1v) is 13.1. The van der Waals surface area contributed by atoms with E-state index in [0.717, 1.165) is 30.1 Å². The maximum Gasteiger partial charge on any atom is 0.200 e. The van der Waals surface area contributed by atoms with Gasteiger partial charge in [0.2, 0.25) is 5.78 Å². The monoisotopic (exact) mass is 597 g/mol. The van der Waals surface area contributed by atoms with E-state index in [0.29, 0.717) is 20.6 Å². The molecule has 3 rings (SSSR count). The van der Waals surface area contributed by atoms with Gasteiger partial charge in [0.05, 0.1) is 16.3 Å². The molecule has 1 heterocycles. The molecule has 0 aliphatic heterocycles. The van der Waals surface area contributed by atoms with Gasteiger partial charge >= 0.3 is 0 Å². The van der Waals surface area contributed by atoms with Gasteiger partial charge in [0.15, 0.2) is 12.1 Å². The van der Waals surface area contributed by atoms with Gasteiger partial charge in [-0.25, -0.2) is 8.78 Å². The fraction of sp³-hybridized carbons (Fsp3) is 0.231. The zero-order valence-corrected chi connectivity index (χ0v) is 23.5. The van der Waals surface area contributed by atoms with Gasteiger partial charge in [-0.2, -0.15) is 0 Å². The molecule has 0 saturated carbocycles. The minimum absolute atomic E-state index is 0.0915. The molecule has 2 aromatic carbocycles. The summed E-state index contributed by atoms with van der Waals surface area (Å²) in [4.78, 5) is 23.3. The maximum absolute atomic E-state index is 14.8. The molecule has 0 radical (unpaired) electrons. The van der Waals surface area contributed by atoms with E-state index in [1.165, 1.54) is 24.2 Å². The molecule has 0 spiro atoms. The third-order valence-corrected chi connectivity index (χ3v) is 6.71. The lowest BCUT2D eigenvalue weighted by molar-refractivity contribution is 0.102. The zero-order chi connectivity index (χ0) is 26.8. The largest absolute Gasteiger partial charge is 0.327 e. The van der Waals surface area contributed by atoms with Crippen molar-refractivity contribution in [2.45, 2.75) is 27.2 Å². The topological polar surface area (TPSA) is 66.9 Å². The van der Waals surface area contributed by atoms with Gasteiger partial charge < -0.3 is 9.82 Å². The lowest BCUT2D eigenvalue weighted by Crippen LogP contribution is -2.12. The van der Waals surface area contributed by atoms with Crippen LogP contribution in [0.15, 0.2) is 53.3 Å². The summed E-state index contributed by atoms with van der Waals surface area (Å²) < 4.78 is 34.2. The second-order valence-corrected chi connectivity index (χ2v) is 10.0. The van der Waals surface area contributed by atoms with Gasteiger partial charge in [-0.1, -0.05) is 42.6 Å². The average Bonchev–Trinajstić information content (AvgIpc) is 2.82. The number of H-pyrrole nitrogens is 1. The van der Waals surface area contributed by atoms with E-state index < -0.39 is 23.0 Å². The first kappa shape index (κ1) is 29.6. The number of aldehydes is 1. The highest BCUT2D eigenvalue weighted by atomic mass is 79.9. The van der Waals surface area contributed by atoms with Crippen LogP contribution in [-0.4, -0.2) is 27.6 Å². The Morgan fingerprint density at radius 2 is 1.94 bits per heavy atom. The highest BCUT2D eigenvalue weighted by Gasteiger charge is 2.23. The summed E-state index contributed by atoms with van der Waals surface area (Å²) in [5.74, 6) is -1.72.